The molecule has 0 aliphatic carbocycles. The Morgan fingerprint density at radius 1 is 1.62 bits per heavy atom. The van der Waals surface area contributed by atoms with Crippen LogP contribution in [0.4, 0.5) is 0 Å². The third-order valence-electron chi connectivity index (χ3n) is 1.67. The van der Waals surface area contributed by atoms with Crippen molar-refractivity contribution in [1.82, 2.24) is 5.32 Å². The molecule has 1 rings (SSSR count). The smallest absolute Gasteiger partial charge is 0.193 e. The van der Waals surface area contributed by atoms with E-state index in [0.717, 1.165) is 5.76 Å². The molecule has 1 atom stereocenters. The number of furan rings is 1. The van der Waals surface area contributed by atoms with E-state index in [2.05, 4.69) is 5.32 Å². The molecular formula is C9H14ClNO2. The predicted molar refractivity (Wildman–Crippen MR) is 51.9 cm³/mol. The third kappa shape index (κ3) is 3.81. The fourth-order valence-electron chi connectivity index (χ4n) is 1.03. The van der Waals surface area contributed by atoms with E-state index in [1.54, 1.807) is 13.2 Å². The first-order valence-corrected chi connectivity index (χ1v) is 4.56. The van der Waals surface area contributed by atoms with E-state index in [1.807, 2.05) is 13.0 Å². The van der Waals surface area contributed by atoms with Crippen molar-refractivity contribution in [1.29, 1.82) is 0 Å². The van der Waals surface area contributed by atoms with Gasteiger partial charge in [0.15, 0.2) is 5.22 Å². The van der Waals surface area contributed by atoms with Crippen LogP contribution in [0.1, 0.15) is 12.7 Å². The van der Waals surface area contributed by atoms with E-state index in [1.165, 1.54) is 0 Å². The topological polar surface area (TPSA) is 34.4 Å². The standard InChI is InChI=1S/C9H14ClNO2/c1-7(6-12-2)11-5-8-3-4-9(10)13-8/h3-4,7,11H,5-6H2,1-2H3. The van der Waals surface area contributed by atoms with Gasteiger partial charge in [0.25, 0.3) is 0 Å². The molecule has 0 radical (unpaired) electrons. The summed E-state index contributed by atoms with van der Waals surface area (Å²) in [6.45, 7) is 3.42. The maximum absolute atomic E-state index is 5.62. The second-order valence-electron chi connectivity index (χ2n) is 2.94. The lowest BCUT2D eigenvalue weighted by molar-refractivity contribution is 0.170. The number of hydrogen-bond donors (Lipinski definition) is 1. The molecule has 13 heavy (non-hydrogen) atoms. The molecule has 0 saturated carbocycles. The summed E-state index contributed by atoms with van der Waals surface area (Å²) in [4.78, 5) is 0. The Kier molecular flexibility index (Phi) is 4.28. The zero-order chi connectivity index (χ0) is 9.68. The van der Waals surface area contributed by atoms with Crippen LogP contribution in [0.15, 0.2) is 16.5 Å². The van der Waals surface area contributed by atoms with Crippen LogP contribution in [0.3, 0.4) is 0 Å². The molecule has 0 aliphatic heterocycles. The van der Waals surface area contributed by atoms with Crippen molar-refractivity contribution in [3.05, 3.63) is 23.1 Å². The normalized spacial score (nSPS) is 13.2. The largest absolute Gasteiger partial charge is 0.448 e. The first-order chi connectivity index (χ1) is 6.22. The van der Waals surface area contributed by atoms with Gasteiger partial charge in [0.2, 0.25) is 0 Å². The molecule has 4 heteroatoms. The van der Waals surface area contributed by atoms with Gasteiger partial charge in [0.1, 0.15) is 5.76 Å². The lowest BCUT2D eigenvalue weighted by Gasteiger charge is -2.10. The van der Waals surface area contributed by atoms with Crippen molar-refractivity contribution in [3.63, 3.8) is 0 Å². The minimum absolute atomic E-state index is 0.314. The summed E-state index contributed by atoms with van der Waals surface area (Å²) in [6.07, 6.45) is 0. The summed E-state index contributed by atoms with van der Waals surface area (Å²) in [5.41, 5.74) is 0. The fraction of sp³-hybridized carbons (Fsp3) is 0.556. The third-order valence-corrected chi connectivity index (χ3v) is 1.87. The van der Waals surface area contributed by atoms with Gasteiger partial charge in [-0.15, -0.1) is 0 Å². The Bertz CT molecular complexity index is 250. The molecule has 0 aliphatic rings. The lowest BCUT2D eigenvalue weighted by atomic mass is 10.3. The zero-order valence-electron chi connectivity index (χ0n) is 7.84. The summed E-state index contributed by atoms with van der Waals surface area (Å²) >= 11 is 5.62. The van der Waals surface area contributed by atoms with Crippen molar-refractivity contribution < 1.29 is 9.15 Å². The average Bonchev–Trinajstić information content (AvgIpc) is 2.49. The zero-order valence-corrected chi connectivity index (χ0v) is 8.60. The van der Waals surface area contributed by atoms with Gasteiger partial charge in [0, 0.05) is 13.2 Å². The monoisotopic (exact) mass is 203 g/mol. The second-order valence-corrected chi connectivity index (χ2v) is 3.32. The van der Waals surface area contributed by atoms with Gasteiger partial charge < -0.3 is 14.5 Å². The number of halogens is 1. The number of rotatable bonds is 5. The molecule has 0 fully saturated rings. The molecule has 0 aromatic carbocycles. The van der Waals surface area contributed by atoms with E-state index in [-0.39, 0.29) is 0 Å². The lowest BCUT2D eigenvalue weighted by Crippen LogP contribution is -2.29. The highest BCUT2D eigenvalue weighted by molar-refractivity contribution is 6.28. The Balaban J connectivity index is 2.26. The first-order valence-electron chi connectivity index (χ1n) is 4.19. The molecule has 1 aromatic rings. The minimum Gasteiger partial charge on any atom is -0.448 e. The summed E-state index contributed by atoms with van der Waals surface area (Å²) in [7, 11) is 1.68. The van der Waals surface area contributed by atoms with Crippen LogP contribution in [0.25, 0.3) is 0 Å². The van der Waals surface area contributed by atoms with Gasteiger partial charge in [-0.2, -0.15) is 0 Å². The van der Waals surface area contributed by atoms with Crippen LogP contribution in [0.5, 0.6) is 0 Å². The van der Waals surface area contributed by atoms with Crippen LogP contribution in [-0.2, 0) is 11.3 Å². The molecule has 1 heterocycles. The summed E-state index contributed by atoms with van der Waals surface area (Å²) in [5.74, 6) is 0.841. The van der Waals surface area contributed by atoms with Crippen LogP contribution in [0, 0.1) is 0 Å². The van der Waals surface area contributed by atoms with Crippen molar-refractivity contribution in [3.8, 4) is 0 Å². The van der Waals surface area contributed by atoms with Crippen molar-refractivity contribution in [2.24, 2.45) is 0 Å². The molecule has 1 N–H and O–H groups in total. The molecular weight excluding hydrogens is 190 g/mol. The molecule has 0 bridgehead atoms. The molecule has 1 unspecified atom stereocenters. The highest BCUT2D eigenvalue weighted by atomic mass is 35.5. The fourth-order valence-corrected chi connectivity index (χ4v) is 1.19. The van der Waals surface area contributed by atoms with Gasteiger partial charge in [0.05, 0.1) is 13.2 Å². The number of hydrogen-bond acceptors (Lipinski definition) is 3. The summed E-state index contributed by atoms with van der Waals surface area (Å²) in [5, 5.41) is 3.66. The second kappa shape index (κ2) is 5.27. The molecule has 0 amide bonds. The van der Waals surface area contributed by atoms with E-state index in [0.29, 0.717) is 24.4 Å². The number of methoxy groups -OCH3 is 1. The van der Waals surface area contributed by atoms with Gasteiger partial charge in [-0.25, -0.2) is 0 Å². The number of ether oxygens (including phenoxy) is 1. The van der Waals surface area contributed by atoms with E-state index >= 15 is 0 Å². The maximum atomic E-state index is 5.62. The van der Waals surface area contributed by atoms with Gasteiger partial charge in [-0.3, -0.25) is 0 Å². The molecule has 0 saturated heterocycles. The van der Waals surface area contributed by atoms with Gasteiger partial charge in [-0.05, 0) is 30.7 Å². The van der Waals surface area contributed by atoms with Gasteiger partial charge in [-0.1, -0.05) is 0 Å². The molecule has 74 valence electrons. The maximum Gasteiger partial charge on any atom is 0.193 e. The first kappa shape index (κ1) is 10.6. The van der Waals surface area contributed by atoms with Crippen LogP contribution >= 0.6 is 11.6 Å². The summed E-state index contributed by atoms with van der Waals surface area (Å²) in [6, 6.07) is 3.91. The Morgan fingerprint density at radius 2 is 2.38 bits per heavy atom. The van der Waals surface area contributed by atoms with Crippen LogP contribution in [0.2, 0.25) is 5.22 Å². The highest BCUT2D eigenvalue weighted by Gasteiger charge is 2.03. The molecule has 0 spiro atoms. The van der Waals surface area contributed by atoms with Crippen LogP contribution < -0.4 is 5.32 Å². The SMILES string of the molecule is COCC(C)NCc1ccc(Cl)o1. The van der Waals surface area contributed by atoms with E-state index in [9.17, 15) is 0 Å². The minimum atomic E-state index is 0.314. The van der Waals surface area contributed by atoms with E-state index in [4.69, 9.17) is 20.8 Å². The van der Waals surface area contributed by atoms with E-state index < -0.39 is 0 Å². The quantitative estimate of drug-likeness (QED) is 0.796. The van der Waals surface area contributed by atoms with Crippen LogP contribution in [-0.4, -0.2) is 19.8 Å². The predicted octanol–water partition coefficient (Wildman–Crippen LogP) is 2.06. The molecule has 1 aromatic heterocycles. The highest BCUT2D eigenvalue weighted by Crippen LogP contribution is 2.12. The Hall–Kier alpha value is -0.510. The van der Waals surface area contributed by atoms with Gasteiger partial charge >= 0.3 is 0 Å². The number of nitrogens with one attached hydrogen (secondary N) is 1. The Labute approximate surface area is 83.0 Å². The Morgan fingerprint density at radius 3 is 2.92 bits per heavy atom. The van der Waals surface area contributed by atoms with Crippen molar-refractivity contribution in [2.75, 3.05) is 13.7 Å². The average molecular weight is 204 g/mol. The molecule has 3 nitrogen and oxygen atoms in total. The summed E-state index contributed by atoms with van der Waals surface area (Å²) < 4.78 is 10.2. The van der Waals surface area contributed by atoms with Crippen molar-refractivity contribution >= 4 is 11.6 Å². The van der Waals surface area contributed by atoms with Crippen molar-refractivity contribution in [2.45, 2.75) is 19.5 Å².